The van der Waals surface area contributed by atoms with Gasteiger partial charge in [0.05, 0.1) is 16.6 Å². The first kappa shape index (κ1) is 26.5. The Hall–Kier alpha value is -3.07. The van der Waals surface area contributed by atoms with Crippen LogP contribution in [-0.2, 0) is 9.84 Å². The first-order valence-corrected chi connectivity index (χ1v) is 14.6. The summed E-state index contributed by atoms with van der Waals surface area (Å²) < 4.78 is 49.7. The molecule has 1 fully saturated rings. The minimum Gasteiger partial charge on any atom is -0.508 e. The predicted molar refractivity (Wildman–Crippen MR) is 146 cm³/mol. The van der Waals surface area contributed by atoms with Gasteiger partial charge in [-0.25, -0.2) is 8.42 Å². The molecule has 0 bridgehead atoms. The van der Waals surface area contributed by atoms with Gasteiger partial charge in [0.15, 0.2) is 9.84 Å². The minimum absolute atomic E-state index is 0.0428. The number of nitrogens with zero attached hydrogens (tertiary/aromatic N) is 1. The highest BCUT2D eigenvalue weighted by atomic mass is 35.5. The van der Waals surface area contributed by atoms with E-state index >= 15 is 0 Å². The van der Waals surface area contributed by atoms with Crippen LogP contribution in [0.15, 0.2) is 65.6 Å². The molecule has 0 spiro atoms. The van der Waals surface area contributed by atoms with Crippen molar-refractivity contribution in [3.8, 4) is 17.2 Å². The number of alkyl halides is 1. The monoisotopic (exact) mass is 557 g/mol. The Bertz CT molecular complexity index is 1480. The van der Waals surface area contributed by atoms with Crippen LogP contribution < -0.4 is 9.47 Å². The van der Waals surface area contributed by atoms with E-state index in [2.05, 4.69) is 4.90 Å². The number of ether oxygens (including phenoxy) is 2. The van der Waals surface area contributed by atoms with Crippen molar-refractivity contribution in [3.05, 3.63) is 82.4 Å². The number of likely N-dealkylation sites (tertiary alicyclic amines) is 1. The highest BCUT2D eigenvalue weighted by Gasteiger charge is 2.32. The number of rotatable bonds is 8. The number of benzene rings is 3. The Morgan fingerprint density at radius 3 is 2.53 bits per heavy atom. The fourth-order valence-electron chi connectivity index (χ4n) is 5.01. The third-order valence-electron chi connectivity index (χ3n) is 7.04. The maximum atomic E-state index is 12.6. The lowest BCUT2D eigenvalue weighted by atomic mass is 9.86. The first-order valence-electron chi connectivity index (χ1n) is 12.4. The van der Waals surface area contributed by atoms with Crippen molar-refractivity contribution in [2.24, 2.45) is 5.92 Å². The number of allylic oxidation sites excluding steroid dienone is 1. The average Bonchev–Trinajstić information content (AvgIpc) is 2.86. The number of sulfone groups is 1. The maximum Gasteiger partial charge on any atom is 0.177 e. The molecule has 0 radical (unpaired) electrons. The summed E-state index contributed by atoms with van der Waals surface area (Å²) in [6.07, 6.45) is 0.550. The quantitative estimate of drug-likeness (QED) is 0.378. The van der Waals surface area contributed by atoms with Crippen LogP contribution in [0, 0.1) is 5.92 Å². The van der Waals surface area contributed by atoms with Gasteiger partial charge in [-0.2, -0.15) is 0 Å². The van der Waals surface area contributed by atoms with E-state index in [1.54, 1.807) is 30.3 Å². The Labute approximate surface area is 227 Å². The highest BCUT2D eigenvalue weighted by molar-refractivity contribution is 7.90. The maximum absolute atomic E-state index is 12.6. The van der Waals surface area contributed by atoms with Gasteiger partial charge >= 0.3 is 0 Å². The molecule has 0 aliphatic carbocycles. The summed E-state index contributed by atoms with van der Waals surface area (Å²) in [5, 5.41) is 10.2. The standard InChI is InChI=1S/C29H29ClFNO5S/c1-18-24-14-21(33)8-11-25(24)37-29(27(18)23-4-3-5-26(28(23)30)38(2,34)35)20-6-9-22(10-7-20)36-13-12-32-16-19(15-31)17-32/h3-11,14,19,29,33H,12-13,15-17H2,1-2H3/t29-/m0/s1. The smallest absolute Gasteiger partial charge is 0.177 e. The van der Waals surface area contributed by atoms with E-state index in [0.29, 0.717) is 34.8 Å². The zero-order valence-electron chi connectivity index (χ0n) is 21.2. The summed E-state index contributed by atoms with van der Waals surface area (Å²) >= 11 is 6.68. The molecule has 5 rings (SSSR count). The van der Waals surface area contributed by atoms with Crippen molar-refractivity contribution < 1.29 is 27.4 Å². The predicted octanol–water partition coefficient (Wildman–Crippen LogP) is 5.79. The molecule has 9 heteroatoms. The summed E-state index contributed by atoms with van der Waals surface area (Å²) in [6.45, 7) is 4.44. The summed E-state index contributed by atoms with van der Waals surface area (Å²) in [5.74, 6) is 1.55. The zero-order chi connectivity index (χ0) is 27.0. The Morgan fingerprint density at radius 1 is 1.11 bits per heavy atom. The number of phenolic OH excluding ortho intramolecular Hbond substituents is 1. The van der Waals surface area contributed by atoms with Crippen molar-refractivity contribution >= 4 is 32.6 Å². The minimum atomic E-state index is -3.56. The first-order chi connectivity index (χ1) is 18.2. The van der Waals surface area contributed by atoms with E-state index in [9.17, 15) is 17.9 Å². The van der Waals surface area contributed by atoms with Gasteiger partial charge in [-0.05, 0) is 54.5 Å². The second kappa shape index (κ2) is 10.6. The molecule has 6 nitrogen and oxygen atoms in total. The molecule has 1 saturated heterocycles. The second-order valence-electron chi connectivity index (χ2n) is 9.80. The van der Waals surface area contributed by atoms with E-state index < -0.39 is 15.9 Å². The summed E-state index contributed by atoms with van der Waals surface area (Å²) in [4.78, 5) is 2.21. The van der Waals surface area contributed by atoms with Crippen LogP contribution in [0.2, 0.25) is 5.02 Å². The van der Waals surface area contributed by atoms with Crippen LogP contribution in [0.5, 0.6) is 17.2 Å². The SMILES string of the molecule is CC1=C(c2cccc(S(C)(=O)=O)c2Cl)[C@H](c2ccc(OCCN3CC(CF)C3)cc2)Oc2ccc(O)cc21. The lowest BCUT2D eigenvalue weighted by Gasteiger charge is -2.37. The molecule has 0 amide bonds. The van der Waals surface area contributed by atoms with Crippen molar-refractivity contribution in [1.82, 2.24) is 4.90 Å². The molecular weight excluding hydrogens is 529 g/mol. The van der Waals surface area contributed by atoms with E-state index in [1.165, 1.54) is 6.07 Å². The van der Waals surface area contributed by atoms with Gasteiger partial charge in [-0.3, -0.25) is 9.29 Å². The van der Waals surface area contributed by atoms with Gasteiger partial charge in [-0.15, -0.1) is 0 Å². The van der Waals surface area contributed by atoms with Gasteiger partial charge in [0.2, 0.25) is 0 Å². The van der Waals surface area contributed by atoms with Crippen LogP contribution in [0.4, 0.5) is 4.39 Å². The largest absolute Gasteiger partial charge is 0.508 e. The van der Waals surface area contributed by atoms with Crippen LogP contribution in [-0.4, -0.2) is 57.6 Å². The summed E-state index contributed by atoms with van der Waals surface area (Å²) in [6, 6.07) is 17.4. The van der Waals surface area contributed by atoms with Crippen LogP contribution >= 0.6 is 11.6 Å². The Balaban J connectivity index is 1.46. The Morgan fingerprint density at radius 2 is 1.84 bits per heavy atom. The van der Waals surface area contributed by atoms with E-state index in [0.717, 1.165) is 37.0 Å². The van der Waals surface area contributed by atoms with E-state index in [-0.39, 0.29) is 28.3 Å². The number of halogens is 2. The molecule has 0 unspecified atom stereocenters. The van der Waals surface area contributed by atoms with Gasteiger partial charge in [0.1, 0.15) is 30.0 Å². The molecule has 0 saturated carbocycles. The molecule has 3 aromatic carbocycles. The molecule has 200 valence electrons. The molecule has 1 N–H and O–H groups in total. The molecule has 3 aromatic rings. The summed E-state index contributed by atoms with van der Waals surface area (Å²) in [7, 11) is -3.56. The number of aromatic hydroxyl groups is 1. The lowest BCUT2D eigenvalue weighted by molar-refractivity contribution is 0.0668. The van der Waals surface area contributed by atoms with Crippen molar-refractivity contribution in [1.29, 1.82) is 0 Å². The van der Waals surface area contributed by atoms with Gasteiger partial charge in [0, 0.05) is 48.5 Å². The summed E-state index contributed by atoms with van der Waals surface area (Å²) in [5.41, 5.74) is 3.62. The van der Waals surface area contributed by atoms with E-state index in [4.69, 9.17) is 21.1 Å². The highest BCUT2D eigenvalue weighted by Crippen LogP contribution is 2.49. The van der Waals surface area contributed by atoms with Crippen molar-refractivity contribution in [3.63, 3.8) is 0 Å². The fourth-order valence-corrected chi connectivity index (χ4v) is 6.42. The number of phenols is 1. The van der Waals surface area contributed by atoms with Crippen molar-refractivity contribution in [2.45, 2.75) is 17.9 Å². The van der Waals surface area contributed by atoms with Crippen LogP contribution in [0.25, 0.3) is 11.1 Å². The van der Waals surface area contributed by atoms with Crippen LogP contribution in [0.3, 0.4) is 0 Å². The number of hydrogen-bond donors (Lipinski definition) is 1. The average molecular weight is 558 g/mol. The third-order valence-corrected chi connectivity index (χ3v) is 8.70. The third kappa shape index (κ3) is 5.25. The number of fused-ring (bicyclic) bond motifs is 1. The zero-order valence-corrected chi connectivity index (χ0v) is 22.7. The molecule has 2 heterocycles. The molecule has 2 aliphatic heterocycles. The molecule has 38 heavy (non-hydrogen) atoms. The number of hydrogen-bond acceptors (Lipinski definition) is 6. The van der Waals surface area contributed by atoms with Gasteiger partial charge < -0.3 is 14.6 Å². The second-order valence-corrected chi connectivity index (χ2v) is 12.2. The fraction of sp³-hybridized carbons (Fsp3) is 0.310. The molecular formula is C29H29ClFNO5S. The van der Waals surface area contributed by atoms with Crippen molar-refractivity contribution in [2.75, 3.05) is 39.2 Å². The normalized spacial score (nSPS) is 18.1. The van der Waals surface area contributed by atoms with E-state index in [1.807, 2.05) is 31.2 Å². The lowest BCUT2D eigenvalue weighted by Crippen LogP contribution is -2.49. The molecule has 2 aliphatic rings. The van der Waals surface area contributed by atoms with Crippen LogP contribution in [0.1, 0.15) is 29.7 Å². The topological polar surface area (TPSA) is 76.1 Å². The van der Waals surface area contributed by atoms with Gasteiger partial charge in [-0.1, -0.05) is 35.9 Å². The van der Waals surface area contributed by atoms with Gasteiger partial charge in [0.25, 0.3) is 0 Å². The Kier molecular flexibility index (Phi) is 7.40. The molecule has 0 aromatic heterocycles. The molecule has 1 atom stereocenters.